The second kappa shape index (κ2) is 8.29. The van der Waals surface area contributed by atoms with Gasteiger partial charge in [-0.15, -0.1) is 0 Å². The number of nitrogens with two attached hydrogens (primary N) is 1. The molecule has 0 aromatic rings. The van der Waals surface area contributed by atoms with Gasteiger partial charge in [-0.25, -0.2) is 9.59 Å². The number of carboxylic acid groups (broad SMARTS) is 1. The average molecular weight is 261 g/mol. The molecule has 3 amide bonds. The number of ether oxygens (including phenoxy) is 1. The lowest BCUT2D eigenvalue weighted by molar-refractivity contribution is -0.140. The van der Waals surface area contributed by atoms with Crippen LogP contribution in [0, 0.1) is 0 Å². The Morgan fingerprint density at radius 2 is 2.06 bits per heavy atom. The van der Waals surface area contributed by atoms with Crippen molar-refractivity contribution in [2.24, 2.45) is 5.73 Å². The quantitative estimate of drug-likeness (QED) is 0.483. The molecule has 0 aliphatic heterocycles. The van der Waals surface area contributed by atoms with Gasteiger partial charge in [-0.1, -0.05) is 0 Å². The van der Waals surface area contributed by atoms with Crippen LogP contribution in [0.2, 0.25) is 0 Å². The van der Waals surface area contributed by atoms with Crippen LogP contribution in [0.1, 0.15) is 12.8 Å². The smallest absolute Gasteiger partial charge is 0.326 e. The van der Waals surface area contributed by atoms with Crippen LogP contribution in [-0.4, -0.2) is 61.3 Å². The van der Waals surface area contributed by atoms with Gasteiger partial charge < -0.3 is 25.8 Å². The zero-order chi connectivity index (χ0) is 14.1. The third kappa shape index (κ3) is 6.69. The molecule has 0 saturated heterocycles. The lowest BCUT2D eigenvalue weighted by Crippen LogP contribution is -2.48. The maximum absolute atomic E-state index is 11.6. The summed E-state index contributed by atoms with van der Waals surface area (Å²) in [5.74, 6) is -2.09. The number of carbonyl (C=O) groups is 3. The summed E-state index contributed by atoms with van der Waals surface area (Å²) < 4.78 is 4.83. The normalized spacial score (nSPS) is 11.7. The summed E-state index contributed by atoms with van der Waals surface area (Å²) in [6, 6.07) is -1.88. The minimum atomic E-state index is -1.31. The van der Waals surface area contributed by atoms with E-state index in [0.29, 0.717) is 19.6 Å². The van der Waals surface area contributed by atoms with Gasteiger partial charge in [0.05, 0.1) is 6.42 Å². The number of nitrogens with zero attached hydrogens (tertiary/aromatic N) is 1. The Morgan fingerprint density at radius 3 is 2.50 bits per heavy atom. The number of amides is 3. The first kappa shape index (κ1) is 16.2. The molecule has 0 saturated carbocycles. The molecule has 0 aliphatic carbocycles. The second-order valence-corrected chi connectivity index (χ2v) is 3.78. The number of rotatable bonds is 8. The van der Waals surface area contributed by atoms with Crippen molar-refractivity contribution in [3.8, 4) is 0 Å². The van der Waals surface area contributed by atoms with E-state index in [1.165, 1.54) is 11.9 Å². The number of methoxy groups -OCH3 is 1. The van der Waals surface area contributed by atoms with Crippen molar-refractivity contribution in [3.05, 3.63) is 0 Å². The Morgan fingerprint density at radius 1 is 1.44 bits per heavy atom. The average Bonchev–Trinajstić information content (AvgIpc) is 2.27. The van der Waals surface area contributed by atoms with Gasteiger partial charge in [0.2, 0.25) is 5.91 Å². The van der Waals surface area contributed by atoms with Crippen molar-refractivity contribution in [1.29, 1.82) is 0 Å². The van der Waals surface area contributed by atoms with Crippen LogP contribution < -0.4 is 11.1 Å². The van der Waals surface area contributed by atoms with Gasteiger partial charge in [0.15, 0.2) is 0 Å². The van der Waals surface area contributed by atoms with Crippen LogP contribution in [0.15, 0.2) is 0 Å². The molecule has 0 aliphatic rings. The molecule has 0 aromatic heterocycles. The van der Waals surface area contributed by atoms with Crippen molar-refractivity contribution in [2.75, 3.05) is 27.3 Å². The number of hydrogen-bond donors (Lipinski definition) is 3. The third-order valence-corrected chi connectivity index (χ3v) is 2.19. The summed E-state index contributed by atoms with van der Waals surface area (Å²) in [4.78, 5) is 34.4. The van der Waals surface area contributed by atoms with Gasteiger partial charge >= 0.3 is 12.0 Å². The molecule has 8 nitrogen and oxygen atoms in total. The topological polar surface area (TPSA) is 122 Å². The number of nitrogens with one attached hydrogen (secondary N) is 1. The van der Waals surface area contributed by atoms with E-state index in [2.05, 4.69) is 5.32 Å². The van der Waals surface area contributed by atoms with Crippen LogP contribution >= 0.6 is 0 Å². The molecule has 4 N–H and O–H groups in total. The molecule has 0 radical (unpaired) electrons. The number of carboxylic acids is 1. The predicted molar refractivity (Wildman–Crippen MR) is 62.9 cm³/mol. The van der Waals surface area contributed by atoms with Gasteiger partial charge in [-0.05, 0) is 6.42 Å². The van der Waals surface area contributed by atoms with E-state index in [4.69, 9.17) is 15.6 Å². The van der Waals surface area contributed by atoms with E-state index in [1.54, 1.807) is 7.11 Å². The Bertz CT molecular complexity index is 308. The first-order chi connectivity index (χ1) is 8.38. The number of carbonyl (C=O) groups excluding carboxylic acids is 2. The summed E-state index contributed by atoms with van der Waals surface area (Å²) in [7, 11) is 3.07. The lowest BCUT2D eigenvalue weighted by atomic mass is 10.2. The summed E-state index contributed by atoms with van der Waals surface area (Å²) in [6.45, 7) is 0.920. The Kier molecular flexibility index (Phi) is 7.45. The number of hydrogen-bond acceptors (Lipinski definition) is 4. The van der Waals surface area contributed by atoms with Crippen molar-refractivity contribution in [3.63, 3.8) is 0 Å². The van der Waals surface area contributed by atoms with E-state index in [-0.39, 0.29) is 0 Å². The second-order valence-electron chi connectivity index (χ2n) is 3.78. The van der Waals surface area contributed by atoms with Crippen molar-refractivity contribution in [2.45, 2.75) is 18.9 Å². The summed E-state index contributed by atoms with van der Waals surface area (Å²) >= 11 is 0. The van der Waals surface area contributed by atoms with Crippen molar-refractivity contribution in [1.82, 2.24) is 10.2 Å². The fourth-order valence-electron chi connectivity index (χ4n) is 1.21. The van der Waals surface area contributed by atoms with Gasteiger partial charge in [-0.2, -0.15) is 0 Å². The minimum Gasteiger partial charge on any atom is -0.480 e. The zero-order valence-corrected chi connectivity index (χ0v) is 10.5. The monoisotopic (exact) mass is 261 g/mol. The van der Waals surface area contributed by atoms with Crippen LogP contribution in [0.3, 0.4) is 0 Å². The standard InChI is InChI=1S/C10H19N3O5/c1-13(4-3-5-18-2)10(17)12-7(9(15)16)6-8(11)14/h7H,3-6H2,1-2H3,(H2,11,14)(H,12,17)(H,15,16)/t7-/m1/s1. The largest absolute Gasteiger partial charge is 0.480 e. The van der Waals surface area contributed by atoms with E-state index in [1.807, 2.05) is 0 Å². The molecule has 0 bridgehead atoms. The first-order valence-electron chi connectivity index (χ1n) is 5.40. The summed E-state index contributed by atoms with van der Waals surface area (Å²) in [5, 5.41) is 11.0. The first-order valence-corrected chi connectivity index (χ1v) is 5.40. The van der Waals surface area contributed by atoms with Crippen LogP contribution in [0.5, 0.6) is 0 Å². The molecular weight excluding hydrogens is 242 g/mol. The Labute approximate surface area is 105 Å². The fourth-order valence-corrected chi connectivity index (χ4v) is 1.21. The summed E-state index contributed by atoms with van der Waals surface area (Å²) in [5.41, 5.74) is 4.90. The van der Waals surface area contributed by atoms with Gasteiger partial charge in [0.25, 0.3) is 0 Å². The molecular formula is C10H19N3O5. The number of primary amides is 1. The molecule has 0 rings (SSSR count). The fraction of sp³-hybridized carbons (Fsp3) is 0.700. The number of aliphatic carboxylic acids is 1. The van der Waals surface area contributed by atoms with Crippen LogP contribution in [-0.2, 0) is 14.3 Å². The highest BCUT2D eigenvalue weighted by Crippen LogP contribution is 1.95. The Balaban J connectivity index is 4.23. The van der Waals surface area contributed by atoms with E-state index in [9.17, 15) is 14.4 Å². The van der Waals surface area contributed by atoms with E-state index >= 15 is 0 Å². The third-order valence-electron chi connectivity index (χ3n) is 2.19. The van der Waals surface area contributed by atoms with Gasteiger partial charge in [-0.3, -0.25) is 4.79 Å². The molecule has 0 unspecified atom stereocenters. The minimum absolute atomic E-state index is 0.419. The highest BCUT2D eigenvalue weighted by atomic mass is 16.5. The van der Waals surface area contributed by atoms with Gasteiger partial charge in [0.1, 0.15) is 6.04 Å². The van der Waals surface area contributed by atoms with Gasteiger partial charge in [0, 0.05) is 27.3 Å². The van der Waals surface area contributed by atoms with Crippen LogP contribution in [0.4, 0.5) is 4.79 Å². The maximum Gasteiger partial charge on any atom is 0.326 e. The van der Waals surface area contributed by atoms with Crippen molar-refractivity contribution >= 4 is 17.9 Å². The molecule has 0 fully saturated rings. The van der Waals surface area contributed by atoms with Crippen molar-refractivity contribution < 1.29 is 24.2 Å². The van der Waals surface area contributed by atoms with Crippen LogP contribution in [0.25, 0.3) is 0 Å². The molecule has 8 heteroatoms. The molecule has 18 heavy (non-hydrogen) atoms. The zero-order valence-electron chi connectivity index (χ0n) is 10.5. The molecule has 104 valence electrons. The SMILES string of the molecule is COCCCN(C)C(=O)N[C@H](CC(N)=O)C(=O)O. The van der Waals surface area contributed by atoms with E-state index < -0.39 is 30.4 Å². The molecule has 1 atom stereocenters. The van der Waals surface area contributed by atoms with E-state index in [0.717, 1.165) is 0 Å². The highest BCUT2D eigenvalue weighted by molar-refractivity contribution is 5.87. The number of urea groups is 1. The molecule has 0 aromatic carbocycles. The molecule has 0 spiro atoms. The Hall–Kier alpha value is -1.83. The highest BCUT2D eigenvalue weighted by Gasteiger charge is 2.23. The predicted octanol–water partition coefficient (Wildman–Crippen LogP) is -1.01. The maximum atomic E-state index is 11.6. The lowest BCUT2D eigenvalue weighted by Gasteiger charge is -2.20. The molecule has 0 heterocycles. The summed E-state index contributed by atoms with van der Waals surface area (Å²) in [6.07, 6.45) is 0.195.